The van der Waals surface area contributed by atoms with Gasteiger partial charge >= 0.3 is 0 Å². The summed E-state index contributed by atoms with van der Waals surface area (Å²) in [5.41, 5.74) is 3.72. The zero-order valence-corrected chi connectivity index (χ0v) is 18.3. The van der Waals surface area contributed by atoms with Crippen LogP contribution in [-0.4, -0.2) is 41.0 Å². The number of ketones is 1. The average molecular weight is 420 g/mol. The third kappa shape index (κ3) is 4.15. The number of rotatable bonds is 5. The predicted molar refractivity (Wildman–Crippen MR) is 120 cm³/mol. The van der Waals surface area contributed by atoms with Gasteiger partial charge in [0.1, 0.15) is 5.76 Å². The fourth-order valence-corrected chi connectivity index (χ4v) is 4.35. The van der Waals surface area contributed by atoms with Crippen molar-refractivity contribution in [2.24, 2.45) is 0 Å². The van der Waals surface area contributed by atoms with Crippen LogP contribution in [0.4, 0.5) is 0 Å². The van der Waals surface area contributed by atoms with Crippen LogP contribution in [0.3, 0.4) is 0 Å². The second-order valence-electron chi connectivity index (χ2n) is 8.77. The number of amides is 1. The molecule has 0 bridgehead atoms. The number of carbonyl (C=O) groups excluding carboxylic acids is 2. The highest BCUT2D eigenvalue weighted by atomic mass is 16.5. The molecule has 4 rings (SSSR count). The summed E-state index contributed by atoms with van der Waals surface area (Å²) in [6, 6.07) is 14.6. The van der Waals surface area contributed by atoms with E-state index in [1.54, 1.807) is 17.0 Å². The summed E-state index contributed by atoms with van der Waals surface area (Å²) in [6.45, 7) is 7.21. The van der Waals surface area contributed by atoms with Gasteiger partial charge in [0.2, 0.25) is 0 Å². The third-order valence-corrected chi connectivity index (χ3v) is 6.21. The van der Waals surface area contributed by atoms with Gasteiger partial charge in [-0.2, -0.15) is 0 Å². The molecule has 0 unspecified atom stereocenters. The Morgan fingerprint density at radius 2 is 1.77 bits per heavy atom. The highest BCUT2D eigenvalue weighted by Gasteiger charge is 2.47. The minimum atomic E-state index is -0.644. The predicted octanol–water partition coefficient (Wildman–Crippen LogP) is 4.72. The van der Waals surface area contributed by atoms with Gasteiger partial charge in [-0.05, 0) is 36.8 Å². The number of likely N-dealkylation sites (tertiary alicyclic amines) is 1. The lowest BCUT2D eigenvalue weighted by molar-refractivity contribution is -0.140. The molecule has 0 aliphatic carbocycles. The Hall–Kier alpha value is -2.92. The maximum atomic E-state index is 13.1. The van der Waals surface area contributed by atoms with Gasteiger partial charge in [-0.15, -0.1) is 0 Å². The van der Waals surface area contributed by atoms with E-state index in [1.165, 1.54) is 5.56 Å². The monoisotopic (exact) mass is 419 g/mol. The Labute approximate surface area is 183 Å². The molecule has 5 nitrogen and oxygen atoms in total. The highest BCUT2D eigenvalue weighted by Crippen LogP contribution is 2.40. The first kappa shape index (κ1) is 21.3. The van der Waals surface area contributed by atoms with Crippen LogP contribution in [0.2, 0.25) is 0 Å². The van der Waals surface area contributed by atoms with Gasteiger partial charge in [0, 0.05) is 18.7 Å². The van der Waals surface area contributed by atoms with E-state index in [0.717, 1.165) is 24.0 Å². The lowest BCUT2D eigenvalue weighted by atomic mass is 9.93. The summed E-state index contributed by atoms with van der Waals surface area (Å²) in [5.74, 6) is -0.984. The molecule has 0 radical (unpaired) electrons. The molecule has 162 valence electrons. The maximum absolute atomic E-state index is 13.1. The van der Waals surface area contributed by atoms with Crippen LogP contribution in [-0.2, 0) is 14.3 Å². The molecular formula is C26H29NO4. The smallest absolute Gasteiger partial charge is 0.295 e. The zero-order valence-electron chi connectivity index (χ0n) is 18.3. The van der Waals surface area contributed by atoms with Gasteiger partial charge in [-0.1, -0.05) is 67.9 Å². The molecule has 2 atom stereocenters. The zero-order chi connectivity index (χ0) is 22.1. The first-order valence-corrected chi connectivity index (χ1v) is 10.9. The van der Waals surface area contributed by atoms with Gasteiger partial charge in [0.25, 0.3) is 11.7 Å². The molecular weight excluding hydrogens is 390 g/mol. The van der Waals surface area contributed by atoms with E-state index >= 15 is 0 Å². The Balaban J connectivity index is 1.80. The Morgan fingerprint density at radius 1 is 1.10 bits per heavy atom. The van der Waals surface area contributed by atoms with Crippen molar-refractivity contribution in [3.8, 4) is 0 Å². The number of ether oxygens (including phenoxy) is 1. The van der Waals surface area contributed by atoms with Crippen molar-refractivity contribution in [1.82, 2.24) is 4.90 Å². The van der Waals surface area contributed by atoms with Gasteiger partial charge in [0.05, 0.1) is 17.7 Å². The normalized spacial score (nSPS) is 23.2. The van der Waals surface area contributed by atoms with E-state index in [2.05, 4.69) is 13.8 Å². The lowest BCUT2D eigenvalue weighted by Crippen LogP contribution is -2.36. The molecule has 5 heteroatoms. The Morgan fingerprint density at radius 3 is 2.35 bits per heavy atom. The van der Waals surface area contributed by atoms with Crippen LogP contribution in [0.1, 0.15) is 60.9 Å². The van der Waals surface area contributed by atoms with E-state index < -0.39 is 17.7 Å². The number of hydrogen-bond donors (Lipinski definition) is 1. The van der Waals surface area contributed by atoms with E-state index in [9.17, 15) is 14.7 Å². The van der Waals surface area contributed by atoms with Gasteiger partial charge in [-0.25, -0.2) is 0 Å². The molecule has 2 aliphatic rings. The molecule has 2 aromatic carbocycles. The first-order chi connectivity index (χ1) is 14.9. The number of benzene rings is 2. The topological polar surface area (TPSA) is 66.8 Å². The minimum Gasteiger partial charge on any atom is -0.507 e. The van der Waals surface area contributed by atoms with Crippen molar-refractivity contribution < 1.29 is 19.4 Å². The summed E-state index contributed by atoms with van der Waals surface area (Å²) in [7, 11) is 0. The summed E-state index contributed by atoms with van der Waals surface area (Å²) < 4.78 is 5.74. The lowest BCUT2D eigenvalue weighted by Gasteiger charge is -2.27. The van der Waals surface area contributed by atoms with Crippen LogP contribution in [0.25, 0.3) is 5.76 Å². The quantitative estimate of drug-likeness (QED) is 0.433. The number of aryl methyl sites for hydroxylation is 1. The van der Waals surface area contributed by atoms with Crippen molar-refractivity contribution in [3.05, 3.63) is 76.4 Å². The van der Waals surface area contributed by atoms with Crippen molar-refractivity contribution in [2.75, 3.05) is 13.2 Å². The average Bonchev–Trinajstić information content (AvgIpc) is 3.36. The third-order valence-electron chi connectivity index (χ3n) is 6.21. The molecule has 31 heavy (non-hydrogen) atoms. The van der Waals surface area contributed by atoms with Crippen molar-refractivity contribution in [3.63, 3.8) is 0 Å². The fraction of sp³-hybridized carbons (Fsp3) is 0.385. The number of nitrogens with zero attached hydrogens (tertiary/aromatic N) is 1. The molecule has 0 spiro atoms. The second kappa shape index (κ2) is 8.67. The van der Waals surface area contributed by atoms with Crippen LogP contribution in [0.5, 0.6) is 0 Å². The molecule has 2 aromatic rings. The summed E-state index contributed by atoms with van der Waals surface area (Å²) >= 11 is 0. The standard InChI is InChI=1S/C26H29NO4/c1-16(2)18-10-12-19(13-11-18)23-22(24(28)20-8-6-17(3)7-9-20)25(29)26(30)27(23)15-21-5-4-14-31-21/h6-13,16,21,23,28H,4-5,14-15H2,1-3H3/t21-,23-/m1/s1. The molecule has 2 saturated heterocycles. The van der Waals surface area contributed by atoms with Crippen LogP contribution in [0.15, 0.2) is 54.1 Å². The van der Waals surface area contributed by atoms with E-state index in [0.29, 0.717) is 24.6 Å². The van der Waals surface area contributed by atoms with Crippen molar-refractivity contribution in [1.29, 1.82) is 0 Å². The minimum absolute atomic E-state index is 0.0879. The maximum Gasteiger partial charge on any atom is 0.295 e. The summed E-state index contributed by atoms with van der Waals surface area (Å²) in [4.78, 5) is 27.7. The van der Waals surface area contributed by atoms with Gasteiger partial charge < -0.3 is 14.7 Å². The molecule has 1 amide bonds. The SMILES string of the molecule is Cc1ccc(C(O)=C2C(=O)C(=O)N(C[C@H]3CCCO3)[C@@H]2c2ccc(C(C)C)cc2)cc1. The fourth-order valence-electron chi connectivity index (χ4n) is 4.35. The molecule has 2 fully saturated rings. The molecule has 0 aromatic heterocycles. The number of carbonyl (C=O) groups is 2. The van der Waals surface area contributed by atoms with E-state index in [-0.39, 0.29) is 17.4 Å². The molecule has 2 aliphatic heterocycles. The summed E-state index contributed by atoms with van der Waals surface area (Å²) in [5, 5.41) is 11.1. The molecule has 2 heterocycles. The number of Topliss-reactive ketones (excluding diaryl/α,β-unsaturated/α-hetero) is 1. The highest BCUT2D eigenvalue weighted by molar-refractivity contribution is 6.46. The Bertz CT molecular complexity index is 999. The largest absolute Gasteiger partial charge is 0.507 e. The van der Waals surface area contributed by atoms with Crippen molar-refractivity contribution >= 4 is 17.4 Å². The molecule has 1 N–H and O–H groups in total. The molecule has 0 saturated carbocycles. The number of aliphatic hydroxyl groups excluding tert-OH is 1. The Kier molecular flexibility index (Phi) is 5.96. The van der Waals surface area contributed by atoms with Gasteiger partial charge in [-0.3, -0.25) is 9.59 Å². The van der Waals surface area contributed by atoms with Crippen LogP contribution in [0, 0.1) is 6.92 Å². The van der Waals surface area contributed by atoms with Crippen molar-refractivity contribution in [2.45, 2.75) is 51.7 Å². The van der Waals surface area contributed by atoms with Crippen LogP contribution >= 0.6 is 0 Å². The number of aliphatic hydroxyl groups is 1. The van der Waals surface area contributed by atoms with E-state index in [1.807, 2.05) is 43.3 Å². The summed E-state index contributed by atoms with van der Waals surface area (Å²) in [6.07, 6.45) is 1.72. The van der Waals surface area contributed by atoms with Crippen LogP contribution < -0.4 is 0 Å². The number of hydrogen-bond acceptors (Lipinski definition) is 4. The second-order valence-corrected chi connectivity index (χ2v) is 8.77. The van der Waals surface area contributed by atoms with Gasteiger partial charge in [0.15, 0.2) is 0 Å². The first-order valence-electron chi connectivity index (χ1n) is 10.9. The van der Waals surface area contributed by atoms with E-state index in [4.69, 9.17) is 4.74 Å².